The number of unbranched alkanes of at least 4 members (excludes halogenated alkanes) is 9. The number of nitrogen functional groups attached to an aromatic ring is 1. The summed E-state index contributed by atoms with van der Waals surface area (Å²) in [5.41, 5.74) is 4.28. The van der Waals surface area contributed by atoms with Gasteiger partial charge in [0.25, 0.3) is 0 Å². The van der Waals surface area contributed by atoms with E-state index in [4.69, 9.17) is 19.5 Å². The van der Waals surface area contributed by atoms with Crippen molar-refractivity contribution in [3.05, 3.63) is 24.8 Å². The van der Waals surface area contributed by atoms with Crippen molar-refractivity contribution < 1.29 is 80.5 Å². The summed E-state index contributed by atoms with van der Waals surface area (Å²) in [5.74, 6) is -1.03. The number of fused-ring (bicyclic) bond motifs is 1. The van der Waals surface area contributed by atoms with E-state index >= 15 is 0 Å². The van der Waals surface area contributed by atoms with Crippen LogP contribution in [0, 0.1) is 5.41 Å². The molecule has 1 fully saturated rings. The van der Waals surface area contributed by atoms with E-state index < -0.39 is 84.6 Å². The van der Waals surface area contributed by atoms with Crippen LogP contribution in [0.25, 0.3) is 11.2 Å². The molecule has 0 saturated carbocycles. The summed E-state index contributed by atoms with van der Waals surface area (Å²) in [4.78, 5) is 88.2. The average molecular weight is 1010 g/mol. The Hall–Kier alpha value is -2.10. The van der Waals surface area contributed by atoms with Gasteiger partial charge >= 0.3 is 23.5 Å². The fourth-order valence-electron chi connectivity index (χ4n) is 6.35. The van der Waals surface area contributed by atoms with Crippen molar-refractivity contribution in [2.24, 2.45) is 5.41 Å². The van der Waals surface area contributed by atoms with Gasteiger partial charge in [-0.25, -0.2) is 28.6 Å². The molecule has 2 aromatic heterocycles. The van der Waals surface area contributed by atoms with Crippen LogP contribution in [0.1, 0.15) is 110 Å². The largest absolute Gasteiger partial charge is 0.481 e. The number of aromatic nitrogens is 4. The number of hydrogen-bond donors (Lipinski definition) is 9. The average Bonchev–Trinajstić information content (AvgIpc) is 3.79. The molecule has 371 valence electrons. The van der Waals surface area contributed by atoms with Crippen LogP contribution in [0.3, 0.4) is 0 Å². The normalized spacial score (nSPS) is 20.1. The zero-order valence-corrected chi connectivity index (χ0v) is 41.2. The first-order chi connectivity index (χ1) is 30.6. The predicted molar refractivity (Wildman–Crippen MR) is 243 cm³/mol. The molecule has 0 aliphatic carbocycles. The van der Waals surface area contributed by atoms with Crippen LogP contribution in [0.4, 0.5) is 5.82 Å². The van der Waals surface area contributed by atoms with Crippen LogP contribution in [0.15, 0.2) is 24.8 Å². The second-order valence-electron chi connectivity index (χ2n) is 15.9. The maximum atomic E-state index is 12.7. The number of phosphoric acid groups is 3. The molecule has 24 nitrogen and oxygen atoms in total. The smallest absolute Gasteiger partial charge is 0.386 e. The molecule has 2 aromatic rings. The van der Waals surface area contributed by atoms with Gasteiger partial charge in [-0.15, -0.1) is 0 Å². The number of rotatable bonds is 32. The Morgan fingerprint density at radius 1 is 0.924 bits per heavy atom. The quantitative estimate of drug-likeness (QED) is 0.0219. The van der Waals surface area contributed by atoms with Gasteiger partial charge in [-0.05, 0) is 32.1 Å². The molecule has 2 amide bonds. The molecule has 1 aliphatic rings. The predicted octanol–water partition coefficient (Wildman–Crippen LogP) is 3.54. The monoisotopic (exact) mass is 1010 g/mol. The molecule has 0 aromatic carbocycles. The molecule has 29 heteroatoms. The van der Waals surface area contributed by atoms with E-state index in [9.17, 15) is 57.9 Å². The number of imidazole rings is 1. The Morgan fingerprint density at radius 2 is 1.56 bits per heavy atom. The number of allylic oxidation sites excluding steroid dienone is 2. The zero-order valence-electron chi connectivity index (χ0n) is 37.7. The van der Waals surface area contributed by atoms with E-state index in [0.29, 0.717) is 12.2 Å². The summed E-state index contributed by atoms with van der Waals surface area (Å²) in [6.45, 7) is 2.77. The summed E-state index contributed by atoms with van der Waals surface area (Å²) >= 11 is 1.15. The van der Waals surface area contributed by atoms with Crippen molar-refractivity contribution >= 4 is 88.0 Å². The minimum Gasteiger partial charge on any atom is -0.386 e. The number of carbonyl (C=O) groups is 3. The number of anilines is 1. The third-order valence-electron chi connectivity index (χ3n) is 9.91. The third kappa shape index (κ3) is 21.7. The van der Waals surface area contributed by atoms with Crippen LogP contribution in [0.2, 0.25) is 0 Å². The van der Waals surface area contributed by atoms with Crippen LogP contribution < -0.4 is 16.4 Å². The molecule has 7 atom stereocenters. The van der Waals surface area contributed by atoms with Crippen molar-refractivity contribution in [2.75, 3.05) is 37.8 Å². The summed E-state index contributed by atoms with van der Waals surface area (Å²) in [6, 6.07) is 0. The number of nitrogens with two attached hydrogens (primary N) is 1. The molecule has 1 saturated heterocycles. The van der Waals surface area contributed by atoms with Gasteiger partial charge in [-0.1, -0.05) is 83.2 Å². The molecule has 1 aliphatic heterocycles. The van der Waals surface area contributed by atoms with Gasteiger partial charge in [0.2, 0.25) is 11.8 Å². The fourth-order valence-corrected chi connectivity index (χ4v) is 9.90. The van der Waals surface area contributed by atoms with E-state index in [2.05, 4.69) is 53.5 Å². The number of nitrogens with one attached hydrogen (secondary N) is 2. The first-order valence-corrected chi connectivity index (χ1v) is 26.8. The molecule has 10 N–H and O–H groups in total. The van der Waals surface area contributed by atoms with Gasteiger partial charge in [0.1, 0.15) is 36.3 Å². The maximum absolute atomic E-state index is 12.7. The van der Waals surface area contributed by atoms with Crippen molar-refractivity contribution in [2.45, 2.75) is 135 Å². The topological polar surface area (TPSA) is 364 Å². The number of carbonyl (C=O) groups excluding carboxylic acids is 3. The summed E-state index contributed by atoms with van der Waals surface area (Å²) in [6.07, 6.45) is 10.7. The Morgan fingerprint density at radius 3 is 2.23 bits per heavy atom. The maximum Gasteiger partial charge on any atom is 0.481 e. The van der Waals surface area contributed by atoms with Gasteiger partial charge in [0.05, 0.1) is 19.5 Å². The first kappa shape index (κ1) is 60.0. The summed E-state index contributed by atoms with van der Waals surface area (Å²) in [5, 5.41) is 26.6. The second kappa shape index (κ2) is 29.2. The SMILES string of the molecule is CCCCCC/C=C\CCCCCCCC(=O)SCCNC(=O)CCNC(=O)[C@H](O)C(C)(C)COP(=O)(O)OP(=O)(O)OC[C@H]1O[C@@H](n2cnc3c(N)ncnc32)[C@H](O)[C@@H]1OP(=O)(O)O.[Li]. The van der Waals surface area contributed by atoms with Gasteiger partial charge in [0.15, 0.2) is 22.8 Å². The molecule has 3 rings (SSSR count). The van der Waals surface area contributed by atoms with Gasteiger partial charge < -0.3 is 50.9 Å². The van der Waals surface area contributed by atoms with Gasteiger partial charge in [-0.2, -0.15) is 4.31 Å². The summed E-state index contributed by atoms with van der Waals surface area (Å²) < 4.78 is 62.4. The number of amides is 2. The molecular weight excluding hydrogens is 946 g/mol. The zero-order chi connectivity index (χ0) is 48.3. The Bertz CT molecular complexity index is 2010. The minimum absolute atomic E-state index is 0. The number of nitrogens with zero attached hydrogens (tertiary/aromatic N) is 4. The molecule has 2 unspecified atom stereocenters. The van der Waals surface area contributed by atoms with E-state index in [-0.39, 0.29) is 60.5 Å². The molecular formula is C37H64LiN7O17P3S. The number of thioether (sulfide) groups is 1. The molecule has 1 radical (unpaired) electrons. The minimum atomic E-state index is -5.57. The van der Waals surface area contributed by atoms with Crippen LogP contribution in [0.5, 0.6) is 0 Å². The number of ether oxygens (including phenoxy) is 1. The molecule has 0 spiro atoms. The number of phosphoric ester groups is 3. The van der Waals surface area contributed by atoms with Crippen molar-refractivity contribution in [3.8, 4) is 0 Å². The van der Waals surface area contributed by atoms with Crippen LogP contribution >= 0.6 is 35.2 Å². The van der Waals surface area contributed by atoms with E-state index in [1.54, 1.807) is 0 Å². The molecule has 3 heterocycles. The number of aliphatic hydroxyl groups excluding tert-OH is 2. The molecule has 0 bridgehead atoms. The fraction of sp³-hybridized carbons (Fsp3) is 0.730. The Labute approximate surface area is 400 Å². The third-order valence-corrected chi connectivity index (χ3v) is 13.9. The Balaban J connectivity index is 0.0000150. The van der Waals surface area contributed by atoms with E-state index in [1.165, 1.54) is 39.5 Å². The van der Waals surface area contributed by atoms with Gasteiger partial charge in [-0.3, -0.25) is 32.5 Å². The van der Waals surface area contributed by atoms with Crippen molar-refractivity contribution in [3.63, 3.8) is 0 Å². The van der Waals surface area contributed by atoms with Crippen LogP contribution in [-0.2, 0) is 50.7 Å². The van der Waals surface area contributed by atoms with Crippen LogP contribution in [-0.4, -0.2) is 142 Å². The molecule has 66 heavy (non-hydrogen) atoms. The number of hydrogen-bond acceptors (Lipinski definition) is 18. The first-order valence-electron chi connectivity index (χ1n) is 21.3. The van der Waals surface area contributed by atoms with Crippen molar-refractivity contribution in [1.29, 1.82) is 0 Å². The summed E-state index contributed by atoms with van der Waals surface area (Å²) in [7, 11) is -16.4. The second-order valence-corrected chi connectivity index (χ2v) is 21.3. The standard InChI is InChI=1S/C37H64N7O17P3S.Li/c1-4-5-6-7-8-9-10-11-12-13-14-15-16-17-28(46)65-21-20-39-27(45)18-19-40-35(49)32(48)37(2,3)23-58-64(55,56)61-63(53,54)57-22-26-31(60-62(50,51)52)30(47)36(59-26)44-25-43-29-33(38)41-24-42-34(29)44;/h9-10,24-26,30-32,36,47-48H,4-8,11-23H2,1-3H3,(H,39,45)(H,40,49)(H,53,54)(H,55,56)(H2,38,41,42)(H2,50,51,52);/b10-9-;/t26-,30-,31-,32+,36-;/m1./s1. The van der Waals surface area contributed by atoms with E-state index in [1.807, 2.05) is 0 Å². The van der Waals surface area contributed by atoms with Gasteiger partial charge in [0, 0.05) is 56.0 Å². The van der Waals surface area contributed by atoms with Crippen molar-refractivity contribution in [1.82, 2.24) is 30.2 Å². The Kier molecular flexibility index (Phi) is 26.5. The van der Waals surface area contributed by atoms with E-state index in [0.717, 1.165) is 73.9 Å². The number of aliphatic hydroxyl groups is 2.